The van der Waals surface area contributed by atoms with Crippen LogP contribution < -0.4 is 16.6 Å². The summed E-state index contributed by atoms with van der Waals surface area (Å²) < 4.78 is 41.8. The molecule has 11 heteroatoms. The summed E-state index contributed by atoms with van der Waals surface area (Å²) in [6.45, 7) is 2.49. The molecule has 0 spiro atoms. The number of benzene rings is 2. The molecule has 3 rings (SSSR count). The van der Waals surface area contributed by atoms with Gasteiger partial charge in [0.2, 0.25) is 0 Å². The number of urea groups is 1. The molecule has 36 heavy (non-hydrogen) atoms. The fraction of sp³-hybridized carbons (Fsp3) is 0.400. The molecule has 2 amide bonds. The SMILES string of the molecule is CC(c1nc2cc(Cl)ccc2c(=O)n1C)N(CCCCCCN)C(=O)Nc1ccccc1C(F)(F)F. The van der Waals surface area contributed by atoms with Gasteiger partial charge in [0.1, 0.15) is 5.82 Å². The van der Waals surface area contributed by atoms with E-state index in [1.54, 1.807) is 32.2 Å². The van der Waals surface area contributed by atoms with E-state index in [0.717, 1.165) is 25.3 Å². The summed E-state index contributed by atoms with van der Waals surface area (Å²) in [6.07, 6.45) is -1.55. The Kier molecular flexibility index (Phi) is 8.97. The van der Waals surface area contributed by atoms with Gasteiger partial charge in [-0.05, 0) is 56.6 Å². The minimum Gasteiger partial charge on any atom is -0.330 e. The third-order valence-corrected chi connectivity index (χ3v) is 6.24. The number of carbonyl (C=O) groups excluding carboxylic acids is 1. The molecule has 0 saturated carbocycles. The van der Waals surface area contributed by atoms with Gasteiger partial charge in [-0.3, -0.25) is 9.36 Å². The summed E-state index contributed by atoms with van der Waals surface area (Å²) in [5, 5.41) is 3.18. The van der Waals surface area contributed by atoms with Crippen LogP contribution in [0, 0.1) is 0 Å². The fourth-order valence-corrected chi connectivity index (χ4v) is 4.22. The van der Waals surface area contributed by atoms with Crippen LogP contribution in [-0.2, 0) is 13.2 Å². The van der Waals surface area contributed by atoms with E-state index >= 15 is 0 Å². The van der Waals surface area contributed by atoms with Gasteiger partial charge in [-0.25, -0.2) is 9.78 Å². The second kappa shape index (κ2) is 11.7. The highest BCUT2D eigenvalue weighted by atomic mass is 35.5. The average Bonchev–Trinajstić information content (AvgIpc) is 2.82. The Bertz CT molecular complexity index is 1280. The number of unbranched alkanes of at least 4 members (excludes halogenated alkanes) is 3. The molecule has 1 atom stereocenters. The lowest BCUT2D eigenvalue weighted by Crippen LogP contribution is -2.40. The minimum atomic E-state index is -4.63. The van der Waals surface area contributed by atoms with Gasteiger partial charge in [0.15, 0.2) is 0 Å². The number of anilines is 1. The molecule has 2 aromatic carbocycles. The van der Waals surface area contributed by atoms with E-state index in [2.05, 4.69) is 10.3 Å². The second-order valence-corrected chi connectivity index (χ2v) is 8.98. The highest BCUT2D eigenvalue weighted by Crippen LogP contribution is 2.35. The van der Waals surface area contributed by atoms with Gasteiger partial charge in [0.25, 0.3) is 5.56 Å². The van der Waals surface area contributed by atoms with Gasteiger partial charge in [-0.2, -0.15) is 13.2 Å². The number of alkyl halides is 3. The lowest BCUT2D eigenvalue weighted by atomic mass is 10.1. The predicted octanol–water partition coefficient (Wildman–Crippen LogP) is 5.72. The lowest BCUT2D eigenvalue weighted by molar-refractivity contribution is -0.136. The summed E-state index contributed by atoms with van der Waals surface area (Å²) in [5.74, 6) is 0.288. The van der Waals surface area contributed by atoms with Crippen molar-refractivity contribution in [1.82, 2.24) is 14.5 Å². The average molecular weight is 524 g/mol. The van der Waals surface area contributed by atoms with Crippen LogP contribution in [0.1, 0.15) is 50.0 Å². The number of aromatic nitrogens is 2. The summed E-state index contributed by atoms with van der Waals surface area (Å²) >= 11 is 6.08. The smallest absolute Gasteiger partial charge is 0.330 e. The predicted molar refractivity (Wildman–Crippen MR) is 135 cm³/mol. The van der Waals surface area contributed by atoms with Crippen LogP contribution in [0.15, 0.2) is 47.3 Å². The summed E-state index contributed by atoms with van der Waals surface area (Å²) in [4.78, 5) is 32.3. The molecule has 7 nitrogen and oxygen atoms in total. The third-order valence-electron chi connectivity index (χ3n) is 6.00. The van der Waals surface area contributed by atoms with E-state index in [4.69, 9.17) is 17.3 Å². The van der Waals surface area contributed by atoms with Crippen molar-refractivity contribution in [3.8, 4) is 0 Å². The summed E-state index contributed by atoms with van der Waals surface area (Å²) in [5.41, 5.74) is 4.32. The first-order valence-corrected chi connectivity index (χ1v) is 12.0. The number of hydrogen-bond donors (Lipinski definition) is 2. The zero-order valence-corrected chi connectivity index (χ0v) is 20.9. The van der Waals surface area contributed by atoms with E-state index in [0.29, 0.717) is 28.9 Å². The number of fused-ring (bicyclic) bond motifs is 1. The summed E-state index contributed by atoms with van der Waals surface area (Å²) in [7, 11) is 1.55. The Morgan fingerprint density at radius 2 is 1.86 bits per heavy atom. The van der Waals surface area contributed by atoms with Gasteiger partial charge in [0.05, 0.1) is 28.2 Å². The standard InChI is InChI=1S/C25H29ClF3N5O2/c1-16(22-31-21-15-17(26)11-12-18(21)23(35)33(22)2)34(14-8-4-3-7-13-30)24(36)32-20-10-6-5-9-19(20)25(27,28)29/h5-6,9-12,15-16H,3-4,7-8,13-14,30H2,1-2H3,(H,32,36). The van der Waals surface area contributed by atoms with Crippen molar-refractivity contribution in [1.29, 1.82) is 0 Å². The molecule has 1 unspecified atom stereocenters. The number of nitrogens with two attached hydrogens (primary N) is 1. The van der Waals surface area contributed by atoms with E-state index in [9.17, 15) is 22.8 Å². The van der Waals surface area contributed by atoms with E-state index in [-0.39, 0.29) is 23.6 Å². The van der Waals surface area contributed by atoms with Crippen LogP contribution in [0.3, 0.4) is 0 Å². The Morgan fingerprint density at radius 3 is 2.56 bits per heavy atom. The van der Waals surface area contributed by atoms with Crippen molar-refractivity contribution in [2.24, 2.45) is 12.8 Å². The molecule has 3 N–H and O–H groups in total. The fourth-order valence-electron chi connectivity index (χ4n) is 4.05. The number of hydrogen-bond acceptors (Lipinski definition) is 4. The molecule has 0 radical (unpaired) electrons. The number of para-hydroxylation sites is 1. The normalized spacial score (nSPS) is 12.5. The maximum atomic E-state index is 13.5. The molecule has 3 aromatic rings. The number of nitrogens with one attached hydrogen (secondary N) is 1. The molecule has 0 saturated heterocycles. The monoisotopic (exact) mass is 523 g/mol. The van der Waals surface area contributed by atoms with Gasteiger partial charge in [-0.1, -0.05) is 36.6 Å². The van der Waals surface area contributed by atoms with Gasteiger partial charge < -0.3 is 16.0 Å². The molecular weight excluding hydrogens is 495 g/mol. The molecule has 194 valence electrons. The molecule has 0 bridgehead atoms. The van der Waals surface area contributed by atoms with E-state index < -0.39 is 23.8 Å². The maximum absolute atomic E-state index is 13.5. The molecule has 0 aliphatic rings. The first-order valence-electron chi connectivity index (χ1n) is 11.6. The van der Waals surface area contributed by atoms with E-state index in [1.807, 2.05) is 0 Å². The van der Waals surface area contributed by atoms with Crippen LogP contribution in [0.2, 0.25) is 5.02 Å². The Hall–Kier alpha value is -3.11. The topological polar surface area (TPSA) is 93.2 Å². The Morgan fingerprint density at radius 1 is 1.17 bits per heavy atom. The van der Waals surface area contributed by atoms with Gasteiger partial charge in [0, 0.05) is 18.6 Å². The largest absolute Gasteiger partial charge is 0.418 e. The molecule has 0 fully saturated rings. The van der Waals surface area contributed by atoms with Gasteiger partial charge >= 0.3 is 12.2 Å². The van der Waals surface area contributed by atoms with Crippen molar-refractivity contribution in [3.05, 3.63) is 69.2 Å². The zero-order chi connectivity index (χ0) is 26.5. The van der Waals surface area contributed by atoms with Crippen molar-refractivity contribution >= 4 is 34.2 Å². The van der Waals surface area contributed by atoms with Crippen LogP contribution in [0.5, 0.6) is 0 Å². The zero-order valence-electron chi connectivity index (χ0n) is 20.1. The van der Waals surface area contributed by atoms with Gasteiger partial charge in [-0.15, -0.1) is 0 Å². The number of halogens is 4. The Balaban J connectivity index is 1.97. The van der Waals surface area contributed by atoms with Crippen LogP contribution in [-0.4, -0.2) is 33.6 Å². The highest BCUT2D eigenvalue weighted by molar-refractivity contribution is 6.31. The number of amides is 2. The minimum absolute atomic E-state index is 0.245. The second-order valence-electron chi connectivity index (χ2n) is 8.54. The number of carbonyl (C=O) groups is 1. The number of rotatable bonds is 9. The van der Waals surface area contributed by atoms with Crippen LogP contribution >= 0.6 is 11.6 Å². The van der Waals surface area contributed by atoms with Crippen LogP contribution in [0.4, 0.5) is 23.7 Å². The first kappa shape index (κ1) is 27.5. The Labute approximate surface area is 212 Å². The molecular formula is C25H29ClF3N5O2. The highest BCUT2D eigenvalue weighted by Gasteiger charge is 2.34. The quantitative estimate of drug-likeness (QED) is 0.351. The number of nitrogens with zero attached hydrogens (tertiary/aromatic N) is 3. The van der Waals surface area contributed by atoms with Crippen molar-refractivity contribution < 1.29 is 18.0 Å². The third kappa shape index (κ3) is 6.36. The maximum Gasteiger partial charge on any atom is 0.418 e. The molecule has 1 aromatic heterocycles. The van der Waals surface area contributed by atoms with Crippen molar-refractivity contribution in [3.63, 3.8) is 0 Å². The molecule has 1 heterocycles. The van der Waals surface area contributed by atoms with Crippen molar-refractivity contribution in [2.75, 3.05) is 18.4 Å². The van der Waals surface area contributed by atoms with Crippen LogP contribution in [0.25, 0.3) is 10.9 Å². The lowest BCUT2D eigenvalue weighted by Gasteiger charge is -2.30. The van der Waals surface area contributed by atoms with Crippen molar-refractivity contribution in [2.45, 2.75) is 44.8 Å². The molecule has 0 aliphatic carbocycles. The first-order chi connectivity index (χ1) is 17.0. The molecule has 0 aliphatic heterocycles. The van der Waals surface area contributed by atoms with E-state index in [1.165, 1.54) is 27.7 Å². The summed E-state index contributed by atoms with van der Waals surface area (Å²) in [6, 6.07) is 8.08.